The van der Waals surface area contributed by atoms with Gasteiger partial charge in [-0.25, -0.2) is 0 Å². The lowest BCUT2D eigenvalue weighted by Gasteiger charge is -2.14. The lowest BCUT2D eigenvalue weighted by molar-refractivity contribution is 0.102. The molecule has 2 aromatic heterocycles. The molecule has 0 atom stereocenters. The van der Waals surface area contributed by atoms with Crippen LogP contribution in [-0.2, 0) is 6.54 Å². The molecule has 0 saturated carbocycles. The Balaban J connectivity index is 1.78. The van der Waals surface area contributed by atoms with Gasteiger partial charge in [-0.05, 0) is 35.6 Å². The Bertz CT molecular complexity index is 1200. The first-order valence-corrected chi connectivity index (χ1v) is 9.03. The van der Waals surface area contributed by atoms with E-state index in [1.165, 1.54) is 0 Å². The molecule has 0 bridgehead atoms. The maximum atomic E-state index is 13.0. The van der Waals surface area contributed by atoms with Crippen molar-refractivity contribution in [2.45, 2.75) is 20.4 Å². The molecule has 0 aliphatic rings. The van der Waals surface area contributed by atoms with Gasteiger partial charge in [0.05, 0.1) is 5.56 Å². The van der Waals surface area contributed by atoms with E-state index in [4.69, 9.17) is 0 Å². The fraction of sp³-hybridized carbons (Fsp3) is 0.182. The third-order valence-corrected chi connectivity index (χ3v) is 4.61. The van der Waals surface area contributed by atoms with Crippen molar-refractivity contribution >= 4 is 33.3 Å². The second-order valence-electron chi connectivity index (χ2n) is 7.17. The zero-order chi connectivity index (χ0) is 19.0. The molecule has 0 unspecified atom stereocenters. The number of aromatic amines is 1. The van der Waals surface area contributed by atoms with E-state index in [-0.39, 0.29) is 11.5 Å². The van der Waals surface area contributed by atoms with Crippen molar-refractivity contribution in [1.29, 1.82) is 0 Å². The smallest absolute Gasteiger partial charge is 0.258 e. The predicted octanol–water partition coefficient (Wildman–Crippen LogP) is 4.39. The number of carbonyl (C=O) groups excluding carboxylic acids is 1. The van der Waals surface area contributed by atoms with Crippen LogP contribution in [-0.4, -0.2) is 15.5 Å². The van der Waals surface area contributed by atoms with E-state index in [0.29, 0.717) is 34.5 Å². The van der Waals surface area contributed by atoms with E-state index in [1.54, 1.807) is 16.8 Å². The summed E-state index contributed by atoms with van der Waals surface area (Å²) in [7, 11) is 0. The first-order chi connectivity index (χ1) is 13.0. The third kappa shape index (κ3) is 3.24. The molecule has 5 nitrogen and oxygen atoms in total. The highest BCUT2D eigenvalue weighted by Crippen LogP contribution is 2.21. The molecule has 27 heavy (non-hydrogen) atoms. The van der Waals surface area contributed by atoms with Gasteiger partial charge in [-0.1, -0.05) is 38.1 Å². The molecular formula is C22H21N3O2. The van der Waals surface area contributed by atoms with Gasteiger partial charge in [0, 0.05) is 40.9 Å². The molecular weight excluding hydrogens is 338 g/mol. The number of pyridine rings is 1. The number of rotatable bonds is 4. The minimum atomic E-state index is -0.227. The number of hydrogen-bond acceptors (Lipinski definition) is 2. The van der Waals surface area contributed by atoms with Gasteiger partial charge in [0.1, 0.15) is 0 Å². The normalized spacial score (nSPS) is 11.4. The number of anilines is 1. The van der Waals surface area contributed by atoms with Gasteiger partial charge < -0.3 is 14.9 Å². The van der Waals surface area contributed by atoms with Crippen molar-refractivity contribution in [3.8, 4) is 0 Å². The highest BCUT2D eigenvalue weighted by atomic mass is 16.2. The van der Waals surface area contributed by atoms with Crippen LogP contribution in [0.2, 0.25) is 0 Å². The molecule has 0 aliphatic carbocycles. The zero-order valence-electron chi connectivity index (χ0n) is 15.3. The maximum Gasteiger partial charge on any atom is 0.258 e. The standard InChI is InChI=1S/C22H21N3O2/c1-14(2)12-25-13-19(17-5-3-4-6-18(17)22(25)27)21(26)24-16-8-7-15-9-10-23-20(15)11-16/h3-11,13-14,23H,12H2,1-2H3,(H,24,26). The summed E-state index contributed by atoms with van der Waals surface area (Å²) in [6.07, 6.45) is 3.54. The number of nitrogens with zero attached hydrogens (tertiary/aromatic N) is 1. The minimum absolute atomic E-state index is 0.0661. The number of hydrogen-bond donors (Lipinski definition) is 2. The molecule has 2 N–H and O–H groups in total. The Labute approximate surface area is 156 Å². The Morgan fingerprint density at radius 1 is 1.11 bits per heavy atom. The molecule has 5 heteroatoms. The van der Waals surface area contributed by atoms with Gasteiger partial charge in [0.2, 0.25) is 0 Å². The van der Waals surface area contributed by atoms with Gasteiger partial charge in [-0.15, -0.1) is 0 Å². The van der Waals surface area contributed by atoms with E-state index in [0.717, 1.165) is 10.9 Å². The number of fused-ring (bicyclic) bond motifs is 2. The Morgan fingerprint density at radius 2 is 1.89 bits per heavy atom. The quantitative estimate of drug-likeness (QED) is 0.567. The van der Waals surface area contributed by atoms with Gasteiger partial charge >= 0.3 is 0 Å². The van der Waals surface area contributed by atoms with Crippen LogP contribution in [0.15, 0.2) is 65.7 Å². The summed E-state index contributed by atoms with van der Waals surface area (Å²) in [5.41, 5.74) is 2.10. The molecule has 0 saturated heterocycles. The average Bonchev–Trinajstić information content (AvgIpc) is 3.11. The fourth-order valence-electron chi connectivity index (χ4n) is 3.38. The van der Waals surface area contributed by atoms with Crippen LogP contribution in [0.3, 0.4) is 0 Å². The summed E-state index contributed by atoms with van der Waals surface area (Å²) in [6.45, 7) is 4.66. The largest absolute Gasteiger partial charge is 0.361 e. The second kappa shape index (κ2) is 6.76. The number of carbonyl (C=O) groups is 1. The Morgan fingerprint density at radius 3 is 2.67 bits per heavy atom. The first kappa shape index (κ1) is 17.1. The van der Waals surface area contributed by atoms with Crippen LogP contribution < -0.4 is 10.9 Å². The molecule has 0 spiro atoms. The van der Waals surface area contributed by atoms with E-state index >= 15 is 0 Å². The highest BCUT2D eigenvalue weighted by Gasteiger charge is 2.15. The summed E-state index contributed by atoms with van der Waals surface area (Å²) >= 11 is 0. The van der Waals surface area contributed by atoms with Crippen LogP contribution in [0, 0.1) is 5.92 Å². The van der Waals surface area contributed by atoms with Crippen LogP contribution in [0.5, 0.6) is 0 Å². The van der Waals surface area contributed by atoms with Gasteiger partial charge in [0.25, 0.3) is 11.5 Å². The monoisotopic (exact) mass is 359 g/mol. The van der Waals surface area contributed by atoms with Crippen molar-refractivity contribution in [2.75, 3.05) is 5.32 Å². The molecule has 1 amide bonds. The van der Waals surface area contributed by atoms with Crippen LogP contribution in [0.4, 0.5) is 5.69 Å². The molecule has 4 rings (SSSR count). The number of nitrogens with one attached hydrogen (secondary N) is 2. The molecule has 136 valence electrons. The zero-order valence-corrected chi connectivity index (χ0v) is 15.3. The average molecular weight is 359 g/mol. The number of benzene rings is 2. The number of aromatic nitrogens is 2. The van der Waals surface area contributed by atoms with Crippen LogP contribution in [0.25, 0.3) is 21.7 Å². The van der Waals surface area contributed by atoms with Crippen LogP contribution in [0.1, 0.15) is 24.2 Å². The van der Waals surface area contributed by atoms with Crippen molar-refractivity contribution in [1.82, 2.24) is 9.55 Å². The summed E-state index contributed by atoms with van der Waals surface area (Å²) in [4.78, 5) is 28.9. The van der Waals surface area contributed by atoms with Crippen molar-refractivity contribution in [3.05, 3.63) is 76.8 Å². The van der Waals surface area contributed by atoms with E-state index in [9.17, 15) is 9.59 Å². The van der Waals surface area contributed by atoms with Crippen molar-refractivity contribution in [3.63, 3.8) is 0 Å². The Hall–Kier alpha value is -3.34. The van der Waals surface area contributed by atoms with E-state index in [1.807, 2.05) is 62.5 Å². The number of amides is 1. The third-order valence-electron chi connectivity index (χ3n) is 4.61. The molecule has 0 aliphatic heterocycles. The molecule has 4 aromatic rings. The van der Waals surface area contributed by atoms with Crippen molar-refractivity contribution < 1.29 is 4.79 Å². The predicted molar refractivity (Wildman–Crippen MR) is 109 cm³/mol. The molecule has 2 heterocycles. The molecule has 2 aromatic carbocycles. The lowest BCUT2D eigenvalue weighted by atomic mass is 10.1. The Kier molecular flexibility index (Phi) is 4.28. The van der Waals surface area contributed by atoms with E-state index in [2.05, 4.69) is 10.3 Å². The lowest BCUT2D eigenvalue weighted by Crippen LogP contribution is -2.25. The fourth-order valence-corrected chi connectivity index (χ4v) is 3.38. The summed E-state index contributed by atoms with van der Waals surface area (Å²) in [5.74, 6) is 0.0738. The summed E-state index contributed by atoms with van der Waals surface area (Å²) in [6, 6.07) is 15.0. The molecule has 0 radical (unpaired) electrons. The minimum Gasteiger partial charge on any atom is -0.361 e. The van der Waals surface area contributed by atoms with Crippen LogP contribution >= 0.6 is 0 Å². The highest BCUT2D eigenvalue weighted by molar-refractivity contribution is 6.12. The number of H-pyrrole nitrogens is 1. The summed E-state index contributed by atoms with van der Waals surface area (Å²) < 4.78 is 1.64. The summed E-state index contributed by atoms with van der Waals surface area (Å²) in [5, 5.41) is 5.27. The maximum absolute atomic E-state index is 13.0. The SMILES string of the molecule is CC(C)Cn1cc(C(=O)Nc2ccc3cc[nH]c3c2)c2ccccc2c1=O. The van der Waals surface area contributed by atoms with Gasteiger partial charge in [-0.2, -0.15) is 0 Å². The van der Waals surface area contributed by atoms with Gasteiger partial charge in [0.15, 0.2) is 0 Å². The van der Waals surface area contributed by atoms with Gasteiger partial charge in [-0.3, -0.25) is 9.59 Å². The van der Waals surface area contributed by atoms with E-state index < -0.39 is 0 Å². The first-order valence-electron chi connectivity index (χ1n) is 9.03. The second-order valence-corrected chi connectivity index (χ2v) is 7.17. The topological polar surface area (TPSA) is 66.9 Å². The molecule has 0 fully saturated rings. The van der Waals surface area contributed by atoms with Crippen molar-refractivity contribution in [2.24, 2.45) is 5.92 Å².